The zero-order valence-electron chi connectivity index (χ0n) is 12.9. The minimum absolute atomic E-state index is 0.502. The summed E-state index contributed by atoms with van der Waals surface area (Å²) in [5.41, 5.74) is 14.8. The fourth-order valence-corrected chi connectivity index (χ4v) is 2.28. The molecule has 0 aliphatic carbocycles. The van der Waals surface area contributed by atoms with Crippen molar-refractivity contribution in [3.63, 3.8) is 0 Å². The molecule has 0 atom stereocenters. The normalized spacial score (nSPS) is 9.21. The molecule has 128 valence electrons. The molecule has 0 aliphatic rings. The Hall–Kier alpha value is -2.21. The molecule has 0 saturated carbocycles. The van der Waals surface area contributed by atoms with Gasteiger partial charge in [0.15, 0.2) is 0 Å². The van der Waals surface area contributed by atoms with Crippen LogP contribution in [0.15, 0.2) is 42.7 Å². The van der Waals surface area contributed by atoms with Gasteiger partial charge in [-0.3, -0.25) is 9.97 Å². The van der Waals surface area contributed by atoms with Crippen molar-refractivity contribution >= 4 is 21.8 Å². The zero-order valence-corrected chi connectivity index (χ0v) is 14.9. The fourth-order valence-electron chi connectivity index (χ4n) is 2.28. The summed E-state index contributed by atoms with van der Waals surface area (Å²) in [4.78, 5) is 23.4. The summed E-state index contributed by atoms with van der Waals surface area (Å²) in [7, 11) is 0. The van der Waals surface area contributed by atoms with Crippen LogP contribution in [0.5, 0.6) is 0 Å². The van der Waals surface area contributed by atoms with Crippen molar-refractivity contribution in [2.45, 2.75) is 19.8 Å². The molecule has 0 fully saturated rings. The Labute approximate surface area is 147 Å². The van der Waals surface area contributed by atoms with Gasteiger partial charge in [-0.05, 0) is 23.6 Å². The van der Waals surface area contributed by atoms with E-state index in [4.69, 9.17) is 21.0 Å². The minimum Gasteiger partial charge on any atom is -0.577 e. The molecular formula is C15H14F2MoN4O2-2. The first kappa shape index (κ1) is 21.8. The third-order valence-corrected chi connectivity index (χ3v) is 3.14. The Bertz CT molecular complexity index is 760. The van der Waals surface area contributed by atoms with E-state index in [1.165, 1.54) is 10.9 Å². The second-order valence-corrected chi connectivity index (χ2v) is 4.94. The fraction of sp³-hybridized carbons (Fsp3) is 0.200. The molecule has 0 spiro atoms. The van der Waals surface area contributed by atoms with Gasteiger partial charge in [-0.25, -0.2) is 0 Å². The van der Waals surface area contributed by atoms with Crippen LogP contribution >= 0.6 is 0 Å². The predicted octanol–water partition coefficient (Wildman–Crippen LogP) is 5.39. The number of pyridine rings is 2. The van der Waals surface area contributed by atoms with Gasteiger partial charge in [0.2, 0.25) is 0 Å². The molecule has 24 heavy (non-hydrogen) atoms. The summed E-state index contributed by atoms with van der Waals surface area (Å²) >= 11 is -2.53. The molecule has 0 saturated heterocycles. The van der Waals surface area contributed by atoms with E-state index in [-0.39, 0.29) is 0 Å². The van der Waals surface area contributed by atoms with Crippen molar-refractivity contribution in [1.29, 1.82) is 0 Å². The molecule has 3 aromatic rings. The van der Waals surface area contributed by atoms with Crippen LogP contribution in [0.1, 0.15) is 25.3 Å². The summed E-state index contributed by atoms with van der Waals surface area (Å²) in [6.07, 6.45) is 3.71. The smallest absolute Gasteiger partial charge is 0.423 e. The molecule has 0 N–H and O–H groups in total. The molecule has 0 amide bonds. The molecule has 0 radical (unpaired) electrons. The van der Waals surface area contributed by atoms with Crippen LogP contribution in [0, 0.1) is 9.81 Å². The van der Waals surface area contributed by atoms with Gasteiger partial charge in [0.05, 0.1) is 11.0 Å². The number of nitroso groups, excluding NO2 is 2. The van der Waals surface area contributed by atoms with Gasteiger partial charge in [0.25, 0.3) is 0 Å². The van der Waals surface area contributed by atoms with E-state index < -0.39 is 19.6 Å². The number of hydrogen-bond acceptors (Lipinski definition) is 4. The molecule has 6 nitrogen and oxygen atoms in total. The standard InChI is InChI=1S/C15H14N2.2FH.Mo.2NO/c1-10(2)12-7-9-17-15-13(12)6-5-11-4-3-8-16-14(11)15;;;;2*1-2/h3-10H,1-2H3;2*1H;;;/q;;;+2;2*-1/p-2. The second-order valence-electron chi connectivity index (χ2n) is 4.65. The number of aromatic nitrogens is 2. The number of fused-ring (bicyclic) bond motifs is 3. The van der Waals surface area contributed by atoms with E-state index in [1.54, 1.807) is 0 Å². The molecular weight excluding hydrogens is 402 g/mol. The van der Waals surface area contributed by atoms with Gasteiger partial charge in [-0.15, -0.1) is 0 Å². The SMILES string of the molecule is CC(C)c1ccnc2c1ccc1cccnc12.[F][Mo][F].[N-]=O.[N-]=O. The third kappa shape index (κ3) is 5.45. The van der Waals surface area contributed by atoms with Crippen LogP contribution < -0.4 is 0 Å². The van der Waals surface area contributed by atoms with Crippen LogP contribution in [0.2, 0.25) is 0 Å². The van der Waals surface area contributed by atoms with Gasteiger partial charge < -0.3 is 21.0 Å². The van der Waals surface area contributed by atoms with E-state index in [2.05, 4.69) is 48.1 Å². The number of rotatable bonds is 1. The van der Waals surface area contributed by atoms with Crippen LogP contribution in [0.4, 0.5) is 6.32 Å². The average molecular weight is 416 g/mol. The molecule has 0 bridgehead atoms. The average Bonchev–Trinajstić information content (AvgIpc) is 2.65. The first-order chi connectivity index (χ1) is 11.7. The van der Waals surface area contributed by atoms with Crippen LogP contribution in [0.25, 0.3) is 33.0 Å². The van der Waals surface area contributed by atoms with Crippen molar-refractivity contribution in [2.75, 3.05) is 0 Å². The molecule has 2 heterocycles. The van der Waals surface area contributed by atoms with Gasteiger partial charge in [-0.1, -0.05) is 32.0 Å². The van der Waals surface area contributed by atoms with Gasteiger partial charge in [-0.2, -0.15) is 0 Å². The van der Waals surface area contributed by atoms with Crippen LogP contribution in [-0.4, -0.2) is 9.97 Å². The van der Waals surface area contributed by atoms with E-state index in [0.29, 0.717) is 5.92 Å². The van der Waals surface area contributed by atoms with E-state index in [9.17, 15) is 6.32 Å². The van der Waals surface area contributed by atoms with Crippen molar-refractivity contribution in [3.05, 3.63) is 69.3 Å². The number of benzene rings is 1. The van der Waals surface area contributed by atoms with Crippen molar-refractivity contribution in [3.8, 4) is 0 Å². The molecule has 2 aromatic heterocycles. The quantitative estimate of drug-likeness (QED) is 0.392. The van der Waals surface area contributed by atoms with Crippen molar-refractivity contribution in [2.24, 2.45) is 0 Å². The maximum Gasteiger partial charge on any atom is -0.423 e. The van der Waals surface area contributed by atoms with Gasteiger partial charge >= 0.3 is 25.9 Å². The summed E-state index contributed by atoms with van der Waals surface area (Å²) in [6, 6.07) is 10.4. The summed E-state index contributed by atoms with van der Waals surface area (Å²) in [6.45, 7) is 4.41. The Balaban J connectivity index is 0.000000667. The molecule has 3 rings (SSSR count). The largest absolute Gasteiger partial charge is 0.577 e. The minimum atomic E-state index is -2.53. The molecule has 1 aromatic carbocycles. The predicted molar refractivity (Wildman–Crippen MR) is 86.8 cm³/mol. The Morgan fingerprint density at radius 2 is 1.50 bits per heavy atom. The van der Waals surface area contributed by atoms with Crippen LogP contribution in [-0.2, 0) is 19.6 Å². The van der Waals surface area contributed by atoms with E-state index in [0.717, 1.165) is 16.4 Å². The Morgan fingerprint density at radius 1 is 0.917 bits per heavy atom. The maximum atomic E-state index is 9.75. The summed E-state index contributed by atoms with van der Waals surface area (Å²) < 4.78 is 19.5. The monoisotopic (exact) mass is 418 g/mol. The van der Waals surface area contributed by atoms with Crippen molar-refractivity contribution in [1.82, 2.24) is 9.97 Å². The summed E-state index contributed by atoms with van der Waals surface area (Å²) in [5, 5.41) is 2.36. The molecule has 9 heteroatoms. The maximum absolute atomic E-state index is 9.75. The Morgan fingerprint density at radius 3 is 2.08 bits per heavy atom. The van der Waals surface area contributed by atoms with E-state index >= 15 is 0 Å². The second kappa shape index (κ2) is 12.2. The Kier molecular flexibility index (Phi) is 11.1. The molecule has 0 aliphatic heterocycles. The number of halogens is 2. The number of nitrogens with zero attached hydrogens (tertiary/aromatic N) is 4. The van der Waals surface area contributed by atoms with Crippen molar-refractivity contribution < 1.29 is 25.9 Å². The molecule has 0 unspecified atom stereocenters. The first-order valence-corrected chi connectivity index (χ1v) is 8.09. The van der Waals surface area contributed by atoms with Gasteiger partial charge in [0.1, 0.15) is 0 Å². The summed E-state index contributed by atoms with van der Waals surface area (Å²) in [5.74, 6) is 0.502. The topological polar surface area (TPSA) is 105 Å². The number of hydrogen-bond donors (Lipinski definition) is 0. The van der Waals surface area contributed by atoms with Gasteiger partial charge in [0, 0.05) is 23.2 Å². The third-order valence-electron chi connectivity index (χ3n) is 3.14. The van der Waals surface area contributed by atoms with Crippen LogP contribution in [0.3, 0.4) is 0 Å². The first-order valence-electron chi connectivity index (χ1n) is 6.57. The van der Waals surface area contributed by atoms with E-state index in [1.807, 2.05) is 18.5 Å². The zero-order chi connectivity index (χ0) is 18.5.